The molecule has 156 valence electrons. The molecular weight excluding hydrogens is 415 g/mol. The molecule has 6 nitrogen and oxygen atoms in total. The minimum absolute atomic E-state index is 0.210. The van der Waals surface area contributed by atoms with Gasteiger partial charge in [0.2, 0.25) is 0 Å². The predicted molar refractivity (Wildman–Crippen MR) is 119 cm³/mol. The molecule has 0 aliphatic rings. The lowest BCUT2D eigenvalue weighted by Crippen LogP contribution is -2.24. The summed E-state index contributed by atoms with van der Waals surface area (Å²) in [5.74, 6) is -0.966. The van der Waals surface area contributed by atoms with Crippen molar-refractivity contribution in [1.82, 2.24) is 20.7 Å². The van der Waals surface area contributed by atoms with E-state index in [4.69, 9.17) is 4.84 Å². The zero-order valence-corrected chi connectivity index (χ0v) is 17.4. The number of pyridine rings is 1. The maximum Gasteiger partial charge on any atom is 0.276 e. The number of benzene rings is 2. The number of carbonyl (C=O) groups excluding carboxylic acids is 1. The highest BCUT2D eigenvalue weighted by Gasteiger charge is 2.17. The van der Waals surface area contributed by atoms with Crippen LogP contribution < -0.4 is 5.48 Å². The molecule has 1 amide bonds. The van der Waals surface area contributed by atoms with Crippen molar-refractivity contribution < 1.29 is 14.0 Å². The second kappa shape index (κ2) is 9.55. The molecule has 2 N–H and O–H groups in total. The summed E-state index contributed by atoms with van der Waals surface area (Å²) in [4.78, 5) is 22.5. The Morgan fingerprint density at radius 3 is 2.90 bits per heavy atom. The quantitative estimate of drug-likeness (QED) is 0.396. The number of aromatic nitrogens is 3. The smallest absolute Gasteiger partial charge is 0.276 e. The van der Waals surface area contributed by atoms with Gasteiger partial charge in [0.25, 0.3) is 5.91 Å². The highest BCUT2D eigenvalue weighted by molar-refractivity contribution is 7.99. The second-order valence-electron chi connectivity index (χ2n) is 6.49. The molecular formula is C23H19FN4O2S. The lowest BCUT2D eigenvalue weighted by atomic mass is 10.2. The number of nitrogens with zero attached hydrogens (tertiary/aromatic N) is 2. The van der Waals surface area contributed by atoms with E-state index in [-0.39, 0.29) is 10.5 Å². The molecule has 0 bridgehead atoms. The van der Waals surface area contributed by atoms with Crippen molar-refractivity contribution in [2.24, 2.45) is 0 Å². The van der Waals surface area contributed by atoms with Crippen molar-refractivity contribution in [2.45, 2.75) is 16.7 Å². The maximum absolute atomic E-state index is 14.5. The van der Waals surface area contributed by atoms with E-state index in [9.17, 15) is 9.18 Å². The van der Waals surface area contributed by atoms with Gasteiger partial charge < -0.3 is 0 Å². The van der Waals surface area contributed by atoms with Crippen molar-refractivity contribution in [1.29, 1.82) is 0 Å². The van der Waals surface area contributed by atoms with Gasteiger partial charge in [0.05, 0.1) is 34.0 Å². The minimum Gasteiger partial charge on any atom is -0.277 e. The summed E-state index contributed by atoms with van der Waals surface area (Å²) in [5.41, 5.74) is 4.95. The van der Waals surface area contributed by atoms with E-state index in [1.807, 2.05) is 48.6 Å². The van der Waals surface area contributed by atoms with Gasteiger partial charge in [-0.05, 0) is 61.5 Å². The second-order valence-corrected chi connectivity index (χ2v) is 7.57. The Labute approximate surface area is 182 Å². The van der Waals surface area contributed by atoms with Crippen molar-refractivity contribution in [3.8, 4) is 0 Å². The average molecular weight is 434 g/mol. The molecule has 8 heteroatoms. The first-order valence-corrected chi connectivity index (χ1v) is 10.4. The third-order valence-corrected chi connectivity index (χ3v) is 5.51. The van der Waals surface area contributed by atoms with Gasteiger partial charge in [-0.3, -0.25) is 19.7 Å². The molecule has 0 aliphatic heterocycles. The number of fused-ring (bicyclic) bond motifs is 1. The first kappa shape index (κ1) is 20.8. The largest absolute Gasteiger partial charge is 0.277 e. The van der Waals surface area contributed by atoms with Crippen LogP contribution in [-0.2, 0) is 4.84 Å². The standard InChI is InChI=1S/C23H19FN4O2S/c1-2-30-28-23(29)18-7-5-8-19(24)22(18)31-16-10-11-17-20(26-27-21(17)14-16)12-9-15-6-3-4-13-25-15/h3-14H,2H2,1H3,(H,26,27)(H,28,29)/b12-9+. The van der Waals surface area contributed by atoms with Crippen LogP contribution in [0.2, 0.25) is 0 Å². The van der Waals surface area contributed by atoms with Gasteiger partial charge in [-0.25, -0.2) is 9.87 Å². The number of aromatic amines is 1. The summed E-state index contributed by atoms with van der Waals surface area (Å²) in [6.07, 6.45) is 5.51. The van der Waals surface area contributed by atoms with E-state index in [0.717, 1.165) is 27.2 Å². The molecule has 2 heterocycles. The zero-order valence-electron chi connectivity index (χ0n) is 16.6. The molecule has 0 saturated heterocycles. The number of hydrogen-bond acceptors (Lipinski definition) is 5. The fourth-order valence-corrected chi connectivity index (χ4v) is 3.94. The summed E-state index contributed by atoms with van der Waals surface area (Å²) < 4.78 is 14.5. The Morgan fingerprint density at radius 2 is 2.10 bits per heavy atom. The maximum atomic E-state index is 14.5. The Balaban J connectivity index is 1.59. The lowest BCUT2D eigenvalue weighted by molar-refractivity contribution is 0.0361. The van der Waals surface area contributed by atoms with Crippen LogP contribution in [0.25, 0.3) is 23.1 Å². The normalized spacial score (nSPS) is 11.3. The zero-order chi connectivity index (χ0) is 21.6. The number of rotatable bonds is 7. The first-order chi connectivity index (χ1) is 15.2. The van der Waals surface area contributed by atoms with Crippen LogP contribution in [0.15, 0.2) is 70.6 Å². The highest BCUT2D eigenvalue weighted by Crippen LogP contribution is 2.34. The van der Waals surface area contributed by atoms with Gasteiger partial charge in [0, 0.05) is 16.5 Å². The Hall–Kier alpha value is -3.49. The topological polar surface area (TPSA) is 79.9 Å². The Kier molecular flexibility index (Phi) is 6.40. The van der Waals surface area contributed by atoms with E-state index >= 15 is 0 Å². The molecule has 0 saturated carbocycles. The fraction of sp³-hybridized carbons (Fsp3) is 0.0870. The van der Waals surface area contributed by atoms with Gasteiger partial charge in [0.1, 0.15) is 5.82 Å². The average Bonchev–Trinajstić information content (AvgIpc) is 3.20. The number of H-pyrrole nitrogens is 1. The molecule has 4 aromatic rings. The molecule has 4 rings (SSSR count). The van der Waals surface area contributed by atoms with Gasteiger partial charge in [-0.1, -0.05) is 23.9 Å². The molecule has 0 fully saturated rings. The summed E-state index contributed by atoms with van der Waals surface area (Å²) in [6.45, 7) is 2.07. The van der Waals surface area contributed by atoms with E-state index < -0.39 is 11.7 Å². The lowest BCUT2D eigenvalue weighted by Gasteiger charge is -2.10. The molecule has 0 atom stereocenters. The summed E-state index contributed by atoms with van der Waals surface area (Å²) in [5, 5.41) is 8.28. The summed E-state index contributed by atoms with van der Waals surface area (Å²) >= 11 is 1.17. The van der Waals surface area contributed by atoms with E-state index in [0.29, 0.717) is 6.61 Å². The van der Waals surface area contributed by atoms with Gasteiger partial charge in [0.15, 0.2) is 0 Å². The SMILES string of the molecule is CCONC(=O)c1cccc(F)c1Sc1ccc2c(/C=C/c3ccccn3)n[nH]c2c1. The Bertz CT molecular complexity index is 1240. The van der Waals surface area contributed by atoms with Crippen LogP contribution in [0.5, 0.6) is 0 Å². The van der Waals surface area contributed by atoms with Crippen LogP contribution in [0, 0.1) is 5.82 Å². The molecule has 0 radical (unpaired) electrons. The summed E-state index contributed by atoms with van der Waals surface area (Å²) in [6, 6.07) is 15.8. The van der Waals surface area contributed by atoms with Crippen LogP contribution in [-0.4, -0.2) is 27.7 Å². The van der Waals surface area contributed by atoms with E-state index in [1.54, 1.807) is 19.2 Å². The molecule has 2 aromatic heterocycles. The summed E-state index contributed by atoms with van der Waals surface area (Å²) in [7, 11) is 0. The Morgan fingerprint density at radius 1 is 1.19 bits per heavy atom. The number of carbonyl (C=O) groups is 1. The molecule has 0 unspecified atom stereocenters. The monoisotopic (exact) mass is 434 g/mol. The first-order valence-electron chi connectivity index (χ1n) is 9.61. The number of nitrogens with one attached hydrogen (secondary N) is 2. The van der Waals surface area contributed by atoms with E-state index in [1.165, 1.54) is 23.9 Å². The van der Waals surface area contributed by atoms with Crippen molar-refractivity contribution >= 4 is 40.7 Å². The molecule has 31 heavy (non-hydrogen) atoms. The van der Waals surface area contributed by atoms with Crippen LogP contribution in [0.4, 0.5) is 4.39 Å². The van der Waals surface area contributed by atoms with Crippen molar-refractivity contribution in [2.75, 3.05) is 6.61 Å². The van der Waals surface area contributed by atoms with Crippen molar-refractivity contribution in [3.05, 3.63) is 83.6 Å². The third-order valence-electron chi connectivity index (χ3n) is 4.40. The molecule has 0 spiro atoms. The van der Waals surface area contributed by atoms with Gasteiger partial charge >= 0.3 is 0 Å². The number of amides is 1. The van der Waals surface area contributed by atoms with Crippen molar-refractivity contribution in [3.63, 3.8) is 0 Å². The fourth-order valence-electron chi connectivity index (χ4n) is 2.95. The van der Waals surface area contributed by atoms with Crippen LogP contribution in [0.3, 0.4) is 0 Å². The number of hydrogen-bond donors (Lipinski definition) is 2. The van der Waals surface area contributed by atoms with Crippen LogP contribution in [0.1, 0.15) is 28.7 Å². The molecule has 0 aliphatic carbocycles. The minimum atomic E-state index is -0.492. The van der Waals surface area contributed by atoms with Gasteiger partial charge in [-0.15, -0.1) is 0 Å². The predicted octanol–water partition coefficient (Wildman–Crippen LogP) is 5.10. The molecule has 2 aromatic carbocycles. The highest BCUT2D eigenvalue weighted by atomic mass is 32.2. The number of halogens is 1. The van der Waals surface area contributed by atoms with Crippen LogP contribution >= 0.6 is 11.8 Å². The van der Waals surface area contributed by atoms with Gasteiger partial charge in [-0.2, -0.15) is 5.10 Å². The number of hydroxylamine groups is 1. The van der Waals surface area contributed by atoms with E-state index in [2.05, 4.69) is 20.7 Å². The third kappa shape index (κ3) is 4.82.